The van der Waals surface area contributed by atoms with Gasteiger partial charge in [0.15, 0.2) is 0 Å². The van der Waals surface area contributed by atoms with Gasteiger partial charge in [-0.25, -0.2) is 8.78 Å². The molecule has 1 heterocycles. The summed E-state index contributed by atoms with van der Waals surface area (Å²) in [6, 6.07) is 5.95. The molecule has 4 heteroatoms. The zero-order valence-corrected chi connectivity index (χ0v) is 9.13. The van der Waals surface area contributed by atoms with Crippen LogP contribution in [0.25, 0.3) is 11.1 Å². The molecule has 0 atom stereocenters. The summed E-state index contributed by atoms with van der Waals surface area (Å²) in [5.41, 5.74) is 1.23. The van der Waals surface area contributed by atoms with E-state index in [1.807, 2.05) is 0 Å². The van der Waals surface area contributed by atoms with Crippen molar-refractivity contribution >= 4 is 15.9 Å². The van der Waals surface area contributed by atoms with Crippen molar-refractivity contribution in [2.45, 2.75) is 0 Å². The van der Waals surface area contributed by atoms with Crippen LogP contribution in [0, 0.1) is 11.6 Å². The number of halogens is 3. The molecule has 0 aliphatic carbocycles. The van der Waals surface area contributed by atoms with Crippen LogP contribution in [0.4, 0.5) is 8.78 Å². The molecule has 2 rings (SSSR count). The van der Waals surface area contributed by atoms with Gasteiger partial charge in [-0.3, -0.25) is 4.98 Å². The molecule has 0 saturated carbocycles. The van der Waals surface area contributed by atoms with E-state index in [-0.39, 0.29) is 4.47 Å². The molecule has 0 aliphatic rings. The summed E-state index contributed by atoms with van der Waals surface area (Å²) in [5, 5.41) is 0. The van der Waals surface area contributed by atoms with E-state index in [0.29, 0.717) is 5.56 Å². The molecule has 0 radical (unpaired) electrons. The van der Waals surface area contributed by atoms with E-state index >= 15 is 0 Å². The zero-order valence-electron chi connectivity index (χ0n) is 7.55. The topological polar surface area (TPSA) is 12.9 Å². The average Bonchev–Trinajstić information content (AvgIpc) is 2.26. The van der Waals surface area contributed by atoms with Crippen molar-refractivity contribution in [3.8, 4) is 11.1 Å². The van der Waals surface area contributed by atoms with Crippen LogP contribution in [0.5, 0.6) is 0 Å². The number of rotatable bonds is 1. The molecule has 2 aromatic rings. The third-order valence-corrected chi connectivity index (χ3v) is 2.76. The van der Waals surface area contributed by atoms with Crippen molar-refractivity contribution in [2.75, 3.05) is 0 Å². The van der Waals surface area contributed by atoms with Crippen molar-refractivity contribution < 1.29 is 8.78 Å². The van der Waals surface area contributed by atoms with Gasteiger partial charge in [-0.1, -0.05) is 0 Å². The van der Waals surface area contributed by atoms with E-state index in [1.165, 1.54) is 12.1 Å². The van der Waals surface area contributed by atoms with Crippen molar-refractivity contribution in [2.24, 2.45) is 0 Å². The van der Waals surface area contributed by atoms with Gasteiger partial charge in [0.25, 0.3) is 0 Å². The van der Waals surface area contributed by atoms with Gasteiger partial charge in [0.05, 0.1) is 4.47 Å². The Bertz CT molecular complexity index is 462. The van der Waals surface area contributed by atoms with Gasteiger partial charge in [-0.15, -0.1) is 0 Å². The fourth-order valence-corrected chi connectivity index (χ4v) is 1.50. The van der Waals surface area contributed by atoms with Crippen LogP contribution in [0.2, 0.25) is 0 Å². The fraction of sp³-hybridized carbons (Fsp3) is 0. The molecule has 1 nitrogen and oxygen atoms in total. The zero-order chi connectivity index (χ0) is 10.8. The van der Waals surface area contributed by atoms with Gasteiger partial charge in [-0.05, 0) is 51.3 Å². The Morgan fingerprint density at radius 2 is 1.47 bits per heavy atom. The Hall–Kier alpha value is -1.29. The van der Waals surface area contributed by atoms with Gasteiger partial charge in [0.1, 0.15) is 11.6 Å². The third-order valence-electron chi connectivity index (χ3n) is 2.00. The summed E-state index contributed by atoms with van der Waals surface area (Å²) in [6.07, 6.45) is 3.15. The molecule has 1 aromatic carbocycles. The first-order valence-corrected chi connectivity index (χ1v) is 5.03. The van der Waals surface area contributed by atoms with Crippen molar-refractivity contribution in [3.05, 3.63) is 52.8 Å². The summed E-state index contributed by atoms with van der Waals surface area (Å²) in [6.45, 7) is 0. The molecular weight excluding hydrogens is 264 g/mol. The lowest BCUT2D eigenvalue weighted by atomic mass is 10.1. The SMILES string of the molecule is Fc1cc(-c2ccncc2)cc(F)c1Br. The standard InChI is InChI=1S/C11H6BrF2N/c12-11-9(13)5-8(6-10(11)14)7-1-3-15-4-2-7/h1-6H. The molecule has 0 aliphatic heterocycles. The van der Waals surface area contributed by atoms with Crippen molar-refractivity contribution in [1.82, 2.24) is 4.98 Å². The van der Waals surface area contributed by atoms with E-state index in [4.69, 9.17) is 0 Å². The molecule has 76 valence electrons. The summed E-state index contributed by atoms with van der Waals surface area (Å²) in [5.74, 6) is -1.22. The van der Waals surface area contributed by atoms with Crippen LogP contribution in [0.3, 0.4) is 0 Å². The average molecular weight is 270 g/mol. The van der Waals surface area contributed by atoms with E-state index in [9.17, 15) is 8.78 Å². The van der Waals surface area contributed by atoms with Gasteiger partial charge in [0, 0.05) is 12.4 Å². The lowest BCUT2D eigenvalue weighted by Gasteiger charge is -2.03. The van der Waals surface area contributed by atoms with Crippen LogP contribution >= 0.6 is 15.9 Å². The highest BCUT2D eigenvalue weighted by Gasteiger charge is 2.08. The molecule has 15 heavy (non-hydrogen) atoms. The third kappa shape index (κ3) is 2.04. The normalized spacial score (nSPS) is 10.3. The predicted octanol–water partition coefficient (Wildman–Crippen LogP) is 3.79. The van der Waals surface area contributed by atoms with E-state index in [1.54, 1.807) is 24.5 Å². The molecule has 0 saturated heterocycles. The van der Waals surface area contributed by atoms with Crippen LogP contribution in [-0.4, -0.2) is 4.98 Å². The number of pyridine rings is 1. The number of benzene rings is 1. The highest BCUT2D eigenvalue weighted by atomic mass is 79.9. The Kier molecular flexibility index (Phi) is 2.77. The van der Waals surface area contributed by atoms with Crippen molar-refractivity contribution in [1.29, 1.82) is 0 Å². The highest BCUT2D eigenvalue weighted by Crippen LogP contribution is 2.26. The predicted molar refractivity (Wildman–Crippen MR) is 57.3 cm³/mol. The monoisotopic (exact) mass is 269 g/mol. The highest BCUT2D eigenvalue weighted by molar-refractivity contribution is 9.10. The number of hydrogen-bond acceptors (Lipinski definition) is 1. The second-order valence-corrected chi connectivity index (χ2v) is 3.78. The second-order valence-electron chi connectivity index (χ2n) is 2.99. The van der Waals surface area contributed by atoms with Crippen LogP contribution < -0.4 is 0 Å². The maximum Gasteiger partial charge on any atom is 0.140 e. The maximum atomic E-state index is 13.2. The second kappa shape index (κ2) is 4.06. The molecule has 0 N–H and O–H groups in total. The van der Waals surface area contributed by atoms with Gasteiger partial charge >= 0.3 is 0 Å². The Labute approximate surface area is 93.9 Å². The minimum absolute atomic E-state index is 0.139. The quantitative estimate of drug-likeness (QED) is 0.718. The van der Waals surface area contributed by atoms with E-state index < -0.39 is 11.6 Å². The molecular formula is C11H6BrF2N. The molecule has 0 unspecified atom stereocenters. The van der Waals surface area contributed by atoms with Crippen LogP contribution in [-0.2, 0) is 0 Å². The Morgan fingerprint density at radius 1 is 0.933 bits per heavy atom. The first-order chi connectivity index (χ1) is 7.18. The number of nitrogens with zero attached hydrogens (tertiary/aromatic N) is 1. The first-order valence-electron chi connectivity index (χ1n) is 4.23. The molecule has 0 fully saturated rings. The summed E-state index contributed by atoms with van der Waals surface area (Å²) < 4.78 is 26.3. The van der Waals surface area contributed by atoms with Crippen molar-refractivity contribution in [3.63, 3.8) is 0 Å². The maximum absolute atomic E-state index is 13.2. The smallest absolute Gasteiger partial charge is 0.140 e. The van der Waals surface area contributed by atoms with E-state index in [2.05, 4.69) is 20.9 Å². The lowest BCUT2D eigenvalue weighted by Crippen LogP contribution is -1.87. The lowest BCUT2D eigenvalue weighted by molar-refractivity contribution is 0.573. The number of hydrogen-bond donors (Lipinski definition) is 0. The van der Waals surface area contributed by atoms with Crippen LogP contribution in [0.1, 0.15) is 0 Å². The first kappa shape index (κ1) is 10.2. The summed E-state index contributed by atoms with van der Waals surface area (Å²) in [4.78, 5) is 3.84. The largest absolute Gasteiger partial charge is 0.265 e. The van der Waals surface area contributed by atoms with Gasteiger partial charge in [-0.2, -0.15) is 0 Å². The molecule has 0 amide bonds. The minimum atomic E-state index is -0.609. The Balaban J connectivity index is 2.56. The summed E-state index contributed by atoms with van der Waals surface area (Å²) >= 11 is 2.82. The number of aromatic nitrogens is 1. The fourth-order valence-electron chi connectivity index (χ4n) is 1.27. The van der Waals surface area contributed by atoms with Crippen LogP contribution in [0.15, 0.2) is 41.1 Å². The molecule has 0 spiro atoms. The van der Waals surface area contributed by atoms with Gasteiger partial charge < -0.3 is 0 Å². The Morgan fingerprint density at radius 3 is 2.00 bits per heavy atom. The summed E-state index contributed by atoms with van der Waals surface area (Å²) in [7, 11) is 0. The molecule has 0 bridgehead atoms. The molecule has 1 aromatic heterocycles. The van der Waals surface area contributed by atoms with Gasteiger partial charge in [0.2, 0.25) is 0 Å². The minimum Gasteiger partial charge on any atom is -0.265 e. The van der Waals surface area contributed by atoms with E-state index in [0.717, 1.165) is 5.56 Å².